The zero-order valence-electron chi connectivity index (χ0n) is 14.5. The number of aromatic hydroxyl groups is 1. The Balaban J connectivity index is 2.40. The second-order valence-corrected chi connectivity index (χ2v) is 6.69. The Kier molecular flexibility index (Phi) is 6.54. The molecule has 148 valence electrons. The van der Waals surface area contributed by atoms with Crippen molar-refractivity contribution in [1.29, 1.82) is 0 Å². The molecule has 0 saturated heterocycles. The van der Waals surface area contributed by atoms with Crippen molar-refractivity contribution in [3.63, 3.8) is 0 Å². The van der Waals surface area contributed by atoms with Crippen LogP contribution in [0, 0.1) is 6.92 Å². The molecule has 14 nitrogen and oxygen atoms in total. The van der Waals surface area contributed by atoms with E-state index >= 15 is 0 Å². The number of nitrogens with one attached hydrogen (secondary N) is 2. The molecule has 0 fully saturated rings. The number of aromatic nitrogens is 5. The van der Waals surface area contributed by atoms with E-state index in [1.54, 1.807) is 6.92 Å². The molecule has 0 amide bonds. The largest absolute Gasteiger partial charge is 0.492 e. The molecule has 0 spiro atoms. The first kappa shape index (κ1) is 20.4. The van der Waals surface area contributed by atoms with Gasteiger partial charge in [0, 0.05) is 20.1 Å². The van der Waals surface area contributed by atoms with E-state index in [0.717, 1.165) is 4.68 Å². The second-order valence-electron chi connectivity index (χ2n) is 5.12. The number of aliphatic hydroxyl groups is 1. The molecule has 0 radical (unpaired) electrons. The maximum Gasteiger partial charge on any atom is 0.266 e. The number of rotatable bonds is 9. The van der Waals surface area contributed by atoms with Crippen molar-refractivity contribution in [2.75, 3.05) is 43.1 Å². The van der Waals surface area contributed by atoms with Gasteiger partial charge in [-0.1, -0.05) is 0 Å². The van der Waals surface area contributed by atoms with Crippen LogP contribution >= 0.6 is 0 Å². The number of hydrogen-bond donors (Lipinski definition) is 5. The zero-order valence-corrected chi connectivity index (χ0v) is 15.3. The number of nitrogens with zero attached hydrogens (tertiary/aromatic N) is 7. The van der Waals surface area contributed by atoms with Gasteiger partial charge in [0.15, 0.2) is 5.69 Å². The topological polar surface area (TPSA) is 200 Å². The molecule has 0 aliphatic rings. The van der Waals surface area contributed by atoms with Gasteiger partial charge in [0.2, 0.25) is 17.8 Å². The highest BCUT2D eigenvalue weighted by Gasteiger charge is 2.19. The predicted octanol–water partition coefficient (Wildman–Crippen LogP) is -0.511. The van der Waals surface area contributed by atoms with Gasteiger partial charge in [0.25, 0.3) is 16.1 Å². The van der Waals surface area contributed by atoms with Gasteiger partial charge in [-0.2, -0.15) is 38.3 Å². The van der Waals surface area contributed by atoms with Crippen LogP contribution in [0.3, 0.4) is 0 Å². The quantitative estimate of drug-likeness (QED) is 0.267. The molecule has 0 saturated carbocycles. The fraction of sp³-hybridized carbons (Fsp3) is 0.500. The van der Waals surface area contributed by atoms with E-state index in [1.807, 2.05) is 0 Å². The van der Waals surface area contributed by atoms with Crippen LogP contribution in [0.4, 0.5) is 17.6 Å². The Morgan fingerprint density at radius 1 is 1.15 bits per heavy atom. The van der Waals surface area contributed by atoms with E-state index in [9.17, 15) is 13.5 Å². The second kappa shape index (κ2) is 8.65. The highest BCUT2D eigenvalue weighted by Crippen LogP contribution is 2.31. The lowest BCUT2D eigenvalue weighted by molar-refractivity contribution is 0.310. The lowest BCUT2D eigenvalue weighted by Crippen LogP contribution is -2.18. The summed E-state index contributed by atoms with van der Waals surface area (Å²) in [7, 11) is -2.72. The molecule has 0 bridgehead atoms. The van der Waals surface area contributed by atoms with Gasteiger partial charge in [0.05, 0.1) is 18.1 Å². The lowest BCUT2D eigenvalue weighted by Gasteiger charge is -2.09. The Bertz CT molecular complexity index is 928. The van der Waals surface area contributed by atoms with Crippen molar-refractivity contribution in [2.24, 2.45) is 10.2 Å². The highest BCUT2D eigenvalue weighted by molar-refractivity contribution is 7.85. The van der Waals surface area contributed by atoms with Crippen LogP contribution in [0.2, 0.25) is 0 Å². The van der Waals surface area contributed by atoms with Crippen LogP contribution < -0.4 is 10.6 Å². The Labute approximate surface area is 154 Å². The van der Waals surface area contributed by atoms with Gasteiger partial charge in [-0.15, -0.1) is 5.11 Å². The first-order valence-electron chi connectivity index (χ1n) is 7.63. The molecule has 0 unspecified atom stereocenters. The normalized spacial score (nSPS) is 11.9. The SMILES string of the molecule is CN=Nc1c(C)nn(-c2nc(NCCO)nc(NCCS(=O)(=O)O)n2)c1O. The molecule has 0 atom stereocenters. The monoisotopic (exact) mass is 401 g/mol. The van der Waals surface area contributed by atoms with Crippen LogP contribution in [-0.2, 0) is 10.1 Å². The first-order valence-corrected chi connectivity index (χ1v) is 9.24. The lowest BCUT2D eigenvalue weighted by atomic mass is 10.4. The Hall–Kier alpha value is -2.91. The molecule has 27 heavy (non-hydrogen) atoms. The molecular weight excluding hydrogens is 382 g/mol. The fourth-order valence-electron chi connectivity index (χ4n) is 1.94. The van der Waals surface area contributed by atoms with Crippen molar-refractivity contribution >= 4 is 27.7 Å². The summed E-state index contributed by atoms with van der Waals surface area (Å²) in [5, 5.41) is 36.1. The molecule has 2 rings (SSSR count). The first-order chi connectivity index (χ1) is 12.7. The van der Waals surface area contributed by atoms with Crippen molar-refractivity contribution in [3.05, 3.63) is 5.69 Å². The smallest absolute Gasteiger partial charge is 0.266 e. The summed E-state index contributed by atoms with van der Waals surface area (Å²) in [5.41, 5.74) is 0.521. The zero-order chi connectivity index (χ0) is 20.0. The average Bonchev–Trinajstić information content (AvgIpc) is 2.87. The van der Waals surface area contributed by atoms with E-state index in [4.69, 9.17) is 9.66 Å². The van der Waals surface area contributed by atoms with E-state index in [0.29, 0.717) is 5.69 Å². The van der Waals surface area contributed by atoms with E-state index in [2.05, 4.69) is 40.9 Å². The van der Waals surface area contributed by atoms with Crippen molar-refractivity contribution in [2.45, 2.75) is 6.92 Å². The van der Waals surface area contributed by atoms with Gasteiger partial charge < -0.3 is 20.8 Å². The number of aryl methyl sites for hydroxylation is 1. The number of anilines is 2. The molecule has 2 heterocycles. The predicted molar refractivity (Wildman–Crippen MR) is 94.3 cm³/mol. The highest BCUT2D eigenvalue weighted by atomic mass is 32.2. The Morgan fingerprint density at radius 3 is 2.33 bits per heavy atom. The van der Waals surface area contributed by atoms with Gasteiger partial charge in [-0.25, -0.2) is 0 Å². The molecule has 0 aliphatic heterocycles. The van der Waals surface area contributed by atoms with Gasteiger partial charge >= 0.3 is 0 Å². The fourth-order valence-corrected chi connectivity index (χ4v) is 2.30. The molecule has 0 aliphatic carbocycles. The van der Waals surface area contributed by atoms with Crippen LogP contribution in [0.15, 0.2) is 10.2 Å². The molecule has 5 N–H and O–H groups in total. The standard InChI is InChI=1S/C12H19N9O5S/c1-7-8(19-13-2)9(23)21(20-7)12-17-10(14-3-5-22)16-11(18-12)15-4-6-27(24,25)26/h22-23H,3-6H2,1-2H3,(H,24,25,26)(H2,14,15,16,17,18). The summed E-state index contributed by atoms with van der Waals surface area (Å²) in [5.74, 6) is -0.968. The summed E-state index contributed by atoms with van der Waals surface area (Å²) in [6, 6.07) is 0. The van der Waals surface area contributed by atoms with Crippen molar-refractivity contribution in [1.82, 2.24) is 24.7 Å². The number of hydrogen-bond acceptors (Lipinski definition) is 12. The summed E-state index contributed by atoms with van der Waals surface area (Å²) in [6.07, 6.45) is 0. The van der Waals surface area contributed by atoms with E-state index in [1.165, 1.54) is 7.05 Å². The Morgan fingerprint density at radius 2 is 1.78 bits per heavy atom. The number of azo groups is 1. The number of aliphatic hydroxyl groups excluding tert-OH is 1. The summed E-state index contributed by atoms with van der Waals surface area (Å²) < 4.78 is 31.4. The maximum absolute atomic E-state index is 10.8. The molecular formula is C12H19N9O5S. The molecule has 0 aromatic carbocycles. The minimum Gasteiger partial charge on any atom is -0.492 e. The molecule has 15 heteroatoms. The van der Waals surface area contributed by atoms with Crippen LogP contribution in [0.25, 0.3) is 5.95 Å². The third kappa shape index (κ3) is 5.53. The van der Waals surface area contributed by atoms with Crippen molar-refractivity contribution < 1.29 is 23.2 Å². The summed E-state index contributed by atoms with van der Waals surface area (Å²) in [4.78, 5) is 12.2. The van der Waals surface area contributed by atoms with Crippen LogP contribution in [0.5, 0.6) is 5.88 Å². The van der Waals surface area contributed by atoms with Gasteiger partial charge in [-0.05, 0) is 6.92 Å². The third-order valence-corrected chi connectivity index (χ3v) is 3.78. The summed E-state index contributed by atoms with van der Waals surface area (Å²) in [6.45, 7) is 1.41. The van der Waals surface area contributed by atoms with Crippen molar-refractivity contribution in [3.8, 4) is 11.8 Å². The molecule has 2 aromatic rings. The third-order valence-electron chi connectivity index (χ3n) is 3.06. The minimum atomic E-state index is -4.16. The van der Waals surface area contributed by atoms with Crippen LogP contribution in [0.1, 0.15) is 5.69 Å². The minimum absolute atomic E-state index is 0.0321. The molecule has 2 aromatic heterocycles. The maximum atomic E-state index is 10.8. The van der Waals surface area contributed by atoms with E-state index in [-0.39, 0.29) is 49.1 Å². The van der Waals surface area contributed by atoms with Gasteiger partial charge in [-0.3, -0.25) is 4.55 Å². The van der Waals surface area contributed by atoms with Gasteiger partial charge in [0.1, 0.15) is 0 Å². The average molecular weight is 401 g/mol. The van der Waals surface area contributed by atoms with E-state index < -0.39 is 15.9 Å². The summed E-state index contributed by atoms with van der Waals surface area (Å²) >= 11 is 0. The van der Waals surface area contributed by atoms with Crippen LogP contribution in [-0.4, -0.2) is 80.4 Å².